The molecular formula is C83H139BrF2N16O2S. The molecule has 7 aromatic rings. The molecule has 9 heterocycles. The molecule has 2 aliphatic heterocycles. The van der Waals surface area contributed by atoms with Crippen molar-refractivity contribution >= 4 is 45.4 Å². The molecule has 105 heavy (non-hydrogen) atoms. The number of morpholine rings is 1. The Labute approximate surface area is 647 Å². The Hall–Kier alpha value is -6.20. The fraction of sp³-hybridized carbons (Fsp3) is 0.651. The van der Waals surface area contributed by atoms with Crippen molar-refractivity contribution < 1.29 is 18.0 Å². The number of likely N-dealkylation sites (tertiary alicyclic amines) is 1. The number of rotatable bonds is 27. The summed E-state index contributed by atoms with van der Waals surface area (Å²) in [6.07, 6.45) is 25.1. The van der Waals surface area contributed by atoms with Gasteiger partial charge in [-0.2, -0.15) is 20.0 Å². The van der Waals surface area contributed by atoms with Gasteiger partial charge in [0.05, 0.1) is 50.1 Å². The zero-order valence-corrected chi connectivity index (χ0v) is 71.1. The van der Waals surface area contributed by atoms with Crippen LogP contribution >= 0.6 is 27.7 Å². The van der Waals surface area contributed by atoms with Crippen LogP contribution in [-0.2, 0) is 24.1 Å². The molecule has 2 N–H and O–H groups in total. The maximum Gasteiger partial charge on any atom is 0.260 e. The van der Waals surface area contributed by atoms with Gasteiger partial charge < -0.3 is 19.9 Å². The highest BCUT2D eigenvalue weighted by atomic mass is 79.9. The smallest absolute Gasteiger partial charge is 0.260 e. The molecule has 2 fully saturated rings. The van der Waals surface area contributed by atoms with Crippen LogP contribution in [0.5, 0.6) is 0 Å². The first-order chi connectivity index (χ1) is 49.8. The maximum atomic E-state index is 12.9. The van der Waals surface area contributed by atoms with Crippen molar-refractivity contribution in [3.05, 3.63) is 149 Å². The Morgan fingerprint density at radius 3 is 1.61 bits per heavy atom. The van der Waals surface area contributed by atoms with Gasteiger partial charge in [0, 0.05) is 98.8 Å². The largest absolute Gasteiger partial charge is 0.383 e. The molecule has 590 valence electrons. The van der Waals surface area contributed by atoms with Crippen LogP contribution in [0.3, 0.4) is 0 Å². The molecule has 0 spiro atoms. The fourth-order valence-corrected chi connectivity index (χ4v) is 10.2. The average molecular weight is 1540 g/mol. The molecular weight excluding hydrogens is 1400 g/mol. The molecule has 7 aromatic heterocycles. The van der Waals surface area contributed by atoms with E-state index >= 15 is 0 Å². The molecule has 22 heteroatoms. The van der Waals surface area contributed by atoms with Gasteiger partial charge in [-0.3, -0.25) is 19.8 Å². The van der Waals surface area contributed by atoms with Crippen molar-refractivity contribution in [1.29, 1.82) is 0 Å². The third-order valence-corrected chi connectivity index (χ3v) is 17.1. The minimum Gasteiger partial charge on any atom is -0.383 e. The number of thioether (sulfide) groups is 1. The molecule has 0 atom stereocenters. The Bertz CT molecular complexity index is 3040. The normalized spacial score (nSPS) is 13.4. The number of nitrogens with zero attached hydrogens (tertiary/aromatic N) is 14. The summed E-state index contributed by atoms with van der Waals surface area (Å²) < 4.78 is 37.2. The number of aryl methyl sites for hydroxylation is 5. The third kappa shape index (κ3) is 56.7. The molecule has 18 nitrogen and oxygen atoms in total. The van der Waals surface area contributed by atoms with Crippen LogP contribution < -0.4 is 10.6 Å². The standard InChI is InChI=1S/C11H15N.C10H15BrN2.C10H19F2N.C10H18N2O.C10H15N.C9H19NO.C8H13N3.C8H12N2S.C7H13N3/c1-9(2)7-8-11-6-4-5-10(3)12-11;1-7(2)6-12-9-5-4-8(3)13-10(9)11;1-9(2)4-7-13-6-3-5-10(11,12)8-13;1-7(2)5-6-9-11-10(8(3)4)12-13-9;1-9(2)6-7-10-5-3-4-8-11-10;1-9(2)3-4-10-5-7-11-8-6-10;2*1-7(2)6-11-8-9-4-3-5-10-8;1-7(2)3-6-10-8-4-5-9-10/h4-9H,1-3H3;4-5,7,12H,6H2,1-3H3;9H,3-8H2,1-2H3;7-8H,5-6H2,1-4H3;3-5,8-9H,6-7H2,1-2H3;9H,3-8H2,1-2H3;3-5,7H,6H2,1-2H3,(H,9,10,11);3-5,7H,6H2,1-2H3;4-5,7H,3,6H2,1-2H3/b8-7+;;;;;;;;. The molecule has 0 radical (unpaired) electrons. The minimum atomic E-state index is -2.44. The van der Waals surface area contributed by atoms with E-state index in [9.17, 15) is 8.78 Å². The van der Waals surface area contributed by atoms with Crippen LogP contribution in [0, 0.1) is 67.1 Å². The highest BCUT2D eigenvalue weighted by Crippen LogP contribution is 2.27. The lowest BCUT2D eigenvalue weighted by Crippen LogP contribution is -2.43. The SMILES string of the molecule is CC(C)CCN1CCCC(F)(F)C1.CC(C)CCN1CCOCC1.CC(C)CCc1ccccn1.CC(C)CCc1nc(C(C)C)no1.CC(C)CCn1nccn1.CC(C)CNc1ncccn1.CC(C)CSc1ncccn1.Cc1ccc(NCC(C)C)c(Br)n1.Cc1cccc(/C=C/C(C)C)n1. The zero-order chi connectivity index (χ0) is 78.4. The first-order valence-electron chi connectivity index (χ1n) is 38.7. The number of hydrogen-bond acceptors (Lipinski definition) is 18. The van der Waals surface area contributed by atoms with E-state index in [2.05, 4.69) is 249 Å². The Balaban J connectivity index is 0.000000591. The topological polar surface area (TPSA) is 200 Å². The van der Waals surface area contributed by atoms with Gasteiger partial charge in [0.15, 0.2) is 11.0 Å². The second kappa shape index (κ2) is 58.8. The van der Waals surface area contributed by atoms with Gasteiger partial charge in [0.1, 0.15) is 4.60 Å². The molecule has 0 saturated carbocycles. The van der Waals surface area contributed by atoms with Crippen molar-refractivity contribution in [2.75, 3.05) is 82.0 Å². The second-order valence-corrected chi connectivity index (χ2v) is 32.4. The van der Waals surface area contributed by atoms with E-state index < -0.39 is 5.92 Å². The van der Waals surface area contributed by atoms with E-state index in [1.165, 1.54) is 25.1 Å². The van der Waals surface area contributed by atoms with Crippen molar-refractivity contribution in [2.45, 2.75) is 234 Å². The van der Waals surface area contributed by atoms with Crippen molar-refractivity contribution in [2.24, 2.45) is 53.3 Å². The highest BCUT2D eigenvalue weighted by Gasteiger charge is 2.34. The molecule has 9 rings (SSSR count). The minimum absolute atomic E-state index is 0.0281. The Kier molecular flexibility index (Phi) is 54.2. The van der Waals surface area contributed by atoms with Gasteiger partial charge >= 0.3 is 0 Å². The maximum absolute atomic E-state index is 12.9. The van der Waals surface area contributed by atoms with E-state index in [0.717, 1.165) is 159 Å². The van der Waals surface area contributed by atoms with Crippen LogP contribution in [0.1, 0.15) is 224 Å². The molecule has 0 amide bonds. The van der Waals surface area contributed by atoms with Crippen molar-refractivity contribution in [1.82, 2.24) is 69.8 Å². The molecule has 2 saturated heterocycles. The average Bonchev–Trinajstić information content (AvgIpc) is 1.89. The predicted octanol–water partition coefficient (Wildman–Crippen LogP) is 21.0. The summed E-state index contributed by atoms with van der Waals surface area (Å²) in [4.78, 5) is 39.6. The van der Waals surface area contributed by atoms with E-state index in [0.29, 0.717) is 53.8 Å². The quantitative estimate of drug-likeness (QED) is 0.0280. The Morgan fingerprint density at radius 1 is 0.543 bits per heavy atom. The van der Waals surface area contributed by atoms with Gasteiger partial charge in [-0.1, -0.05) is 174 Å². The molecule has 0 aromatic carbocycles. The zero-order valence-electron chi connectivity index (χ0n) is 68.7. The first kappa shape index (κ1) is 96.8. The third-order valence-electron chi connectivity index (χ3n) is 15.2. The van der Waals surface area contributed by atoms with Crippen molar-refractivity contribution in [3.8, 4) is 0 Å². The molecule has 0 aliphatic carbocycles. The van der Waals surface area contributed by atoms with Gasteiger partial charge in [-0.05, 0) is 202 Å². The van der Waals surface area contributed by atoms with Crippen LogP contribution in [0.2, 0.25) is 0 Å². The van der Waals surface area contributed by atoms with Crippen LogP contribution in [0.25, 0.3) is 6.08 Å². The van der Waals surface area contributed by atoms with Crippen LogP contribution in [-0.4, -0.2) is 147 Å². The number of nitrogens with one attached hydrogen (secondary N) is 2. The van der Waals surface area contributed by atoms with E-state index in [1.54, 1.807) is 59.8 Å². The molecule has 2 aliphatic rings. The fourth-order valence-electron chi connectivity index (χ4n) is 8.88. The number of aromatic nitrogens is 12. The number of halogens is 3. The lowest BCUT2D eigenvalue weighted by atomic mass is 10.1. The summed E-state index contributed by atoms with van der Waals surface area (Å²) in [5.41, 5.74) is 5.42. The van der Waals surface area contributed by atoms with Gasteiger partial charge in [-0.15, -0.1) is 0 Å². The van der Waals surface area contributed by atoms with Gasteiger partial charge in [0.2, 0.25) is 11.8 Å². The molecule has 0 bridgehead atoms. The van der Waals surface area contributed by atoms with Crippen molar-refractivity contribution in [3.63, 3.8) is 0 Å². The number of pyridine rings is 3. The summed E-state index contributed by atoms with van der Waals surface area (Å²) >= 11 is 5.13. The first-order valence-corrected chi connectivity index (χ1v) is 40.4. The number of anilines is 2. The number of ether oxygens (including phenoxy) is 1. The lowest BCUT2D eigenvalue weighted by molar-refractivity contribution is -0.0645. The monoisotopic (exact) mass is 1540 g/mol. The predicted molar refractivity (Wildman–Crippen MR) is 441 cm³/mol. The van der Waals surface area contributed by atoms with Crippen LogP contribution in [0.4, 0.5) is 20.4 Å². The summed E-state index contributed by atoms with van der Waals surface area (Å²) in [6, 6.07) is 19.8. The van der Waals surface area contributed by atoms with E-state index in [1.807, 2.05) is 67.4 Å². The number of piperidine rings is 1. The molecule has 0 unspecified atom stereocenters. The number of allylic oxidation sites excluding steroid dienone is 1. The summed E-state index contributed by atoms with van der Waals surface area (Å²) in [5, 5.41) is 19.2. The second-order valence-electron chi connectivity index (χ2n) is 30.7. The van der Waals surface area contributed by atoms with Gasteiger partial charge in [0.25, 0.3) is 5.92 Å². The number of alkyl halides is 2. The van der Waals surface area contributed by atoms with E-state index in [-0.39, 0.29) is 13.0 Å². The summed E-state index contributed by atoms with van der Waals surface area (Å²) in [6.45, 7) is 57.4. The van der Waals surface area contributed by atoms with Gasteiger partial charge in [-0.25, -0.2) is 33.7 Å². The summed E-state index contributed by atoms with van der Waals surface area (Å²) in [5.74, 6) is 7.50. The number of hydrogen-bond donors (Lipinski definition) is 2. The lowest BCUT2D eigenvalue weighted by Gasteiger charge is -2.32. The summed E-state index contributed by atoms with van der Waals surface area (Å²) in [7, 11) is 0. The Morgan fingerprint density at radius 2 is 1.10 bits per heavy atom. The highest BCUT2D eigenvalue weighted by molar-refractivity contribution is 9.10. The van der Waals surface area contributed by atoms with E-state index in [4.69, 9.17) is 9.26 Å². The van der Waals surface area contributed by atoms with Crippen LogP contribution in [0.15, 0.2) is 124 Å².